The highest BCUT2D eigenvalue weighted by Gasteiger charge is 2.28. The first kappa shape index (κ1) is 12.8. The van der Waals surface area contributed by atoms with E-state index in [0.717, 1.165) is 18.8 Å². The van der Waals surface area contributed by atoms with Gasteiger partial charge in [-0.15, -0.1) is 0 Å². The lowest BCUT2D eigenvalue weighted by Gasteiger charge is -2.24. The van der Waals surface area contributed by atoms with Gasteiger partial charge in [0, 0.05) is 24.8 Å². The molecule has 1 aromatic heterocycles. The van der Waals surface area contributed by atoms with Gasteiger partial charge in [0.1, 0.15) is 5.82 Å². The molecule has 1 aromatic rings. The fourth-order valence-electron chi connectivity index (χ4n) is 2.18. The minimum absolute atomic E-state index is 0.191. The van der Waals surface area contributed by atoms with Crippen molar-refractivity contribution in [2.75, 3.05) is 18.1 Å². The molecule has 0 spiro atoms. The number of anilines is 1. The highest BCUT2D eigenvalue weighted by Crippen LogP contribution is 2.22. The third kappa shape index (κ3) is 2.46. The van der Waals surface area contributed by atoms with Crippen LogP contribution in [0.3, 0.4) is 0 Å². The number of esters is 1. The van der Waals surface area contributed by atoms with Crippen LogP contribution in [-0.2, 0) is 4.74 Å². The van der Waals surface area contributed by atoms with E-state index in [1.807, 2.05) is 6.07 Å². The predicted octanol–water partition coefficient (Wildman–Crippen LogP) is 1.18. The molecular weight excluding hydrogens is 230 g/mol. The Morgan fingerprint density at radius 3 is 2.89 bits per heavy atom. The third-order valence-corrected chi connectivity index (χ3v) is 3.37. The van der Waals surface area contributed by atoms with Gasteiger partial charge >= 0.3 is 5.97 Å². The largest absolute Gasteiger partial charge is 0.462 e. The number of carbonyl (C=O) groups excluding carboxylic acids is 1. The molecule has 2 atom stereocenters. The van der Waals surface area contributed by atoms with Gasteiger partial charge < -0.3 is 15.4 Å². The van der Waals surface area contributed by atoms with Crippen LogP contribution in [-0.4, -0.2) is 36.2 Å². The highest BCUT2D eigenvalue weighted by atomic mass is 16.5. The van der Waals surface area contributed by atoms with Crippen LogP contribution in [0.4, 0.5) is 5.82 Å². The molecule has 5 nitrogen and oxygen atoms in total. The number of carbonyl (C=O) groups is 1. The number of nitrogens with zero attached hydrogens (tertiary/aromatic N) is 2. The van der Waals surface area contributed by atoms with E-state index in [9.17, 15) is 4.79 Å². The zero-order valence-corrected chi connectivity index (χ0v) is 10.8. The number of aromatic nitrogens is 1. The van der Waals surface area contributed by atoms with Crippen LogP contribution in [0.1, 0.15) is 30.6 Å². The summed E-state index contributed by atoms with van der Waals surface area (Å²) in [6.45, 7) is 5.16. The molecule has 0 saturated carbocycles. The lowest BCUT2D eigenvalue weighted by atomic mass is 10.2. The van der Waals surface area contributed by atoms with Crippen molar-refractivity contribution in [1.82, 2.24) is 4.98 Å². The van der Waals surface area contributed by atoms with Gasteiger partial charge in [0.05, 0.1) is 12.2 Å². The van der Waals surface area contributed by atoms with Crippen LogP contribution in [0.5, 0.6) is 0 Å². The summed E-state index contributed by atoms with van der Waals surface area (Å²) in [4.78, 5) is 18.0. The first-order valence-corrected chi connectivity index (χ1v) is 6.29. The highest BCUT2D eigenvalue weighted by molar-refractivity contribution is 5.89. The van der Waals surface area contributed by atoms with Crippen molar-refractivity contribution in [2.24, 2.45) is 5.73 Å². The van der Waals surface area contributed by atoms with E-state index in [2.05, 4.69) is 16.8 Å². The van der Waals surface area contributed by atoms with E-state index in [4.69, 9.17) is 10.5 Å². The minimum atomic E-state index is -0.331. The Bertz CT molecular complexity index is 419. The van der Waals surface area contributed by atoms with Crippen LogP contribution < -0.4 is 10.6 Å². The molecule has 1 aliphatic rings. The van der Waals surface area contributed by atoms with Crippen molar-refractivity contribution < 1.29 is 9.53 Å². The summed E-state index contributed by atoms with van der Waals surface area (Å²) < 4.78 is 4.92. The molecule has 18 heavy (non-hydrogen) atoms. The molecule has 0 aromatic carbocycles. The Balaban J connectivity index is 2.10. The minimum Gasteiger partial charge on any atom is -0.462 e. The number of rotatable bonds is 3. The van der Waals surface area contributed by atoms with Gasteiger partial charge in [-0.25, -0.2) is 9.78 Å². The van der Waals surface area contributed by atoms with Crippen molar-refractivity contribution >= 4 is 11.8 Å². The molecule has 0 radical (unpaired) electrons. The molecule has 1 aliphatic heterocycles. The molecule has 0 bridgehead atoms. The summed E-state index contributed by atoms with van der Waals surface area (Å²) in [5, 5.41) is 0. The maximum atomic E-state index is 11.5. The fourth-order valence-corrected chi connectivity index (χ4v) is 2.18. The summed E-state index contributed by atoms with van der Waals surface area (Å²) in [7, 11) is 0. The SMILES string of the molecule is CCOC(=O)c1ccc(N2CCC(N)C2C)nc1. The molecule has 2 unspecified atom stereocenters. The summed E-state index contributed by atoms with van der Waals surface area (Å²) in [6.07, 6.45) is 2.53. The van der Waals surface area contributed by atoms with Crippen molar-refractivity contribution in [1.29, 1.82) is 0 Å². The van der Waals surface area contributed by atoms with Crippen LogP contribution in [0.25, 0.3) is 0 Å². The monoisotopic (exact) mass is 249 g/mol. The standard InChI is InChI=1S/C13H19N3O2/c1-3-18-13(17)10-4-5-12(15-8-10)16-7-6-11(14)9(16)2/h4-5,8-9,11H,3,6-7,14H2,1-2H3. The molecule has 2 heterocycles. The number of hydrogen-bond acceptors (Lipinski definition) is 5. The van der Waals surface area contributed by atoms with Gasteiger partial charge in [-0.2, -0.15) is 0 Å². The Morgan fingerprint density at radius 1 is 1.61 bits per heavy atom. The van der Waals surface area contributed by atoms with Crippen LogP contribution in [0, 0.1) is 0 Å². The Morgan fingerprint density at radius 2 is 2.39 bits per heavy atom. The molecule has 0 amide bonds. The van der Waals surface area contributed by atoms with Gasteiger partial charge in [0.2, 0.25) is 0 Å². The van der Waals surface area contributed by atoms with E-state index < -0.39 is 0 Å². The predicted molar refractivity (Wildman–Crippen MR) is 69.6 cm³/mol. The van der Waals surface area contributed by atoms with Crippen LogP contribution >= 0.6 is 0 Å². The molecule has 2 N–H and O–H groups in total. The summed E-state index contributed by atoms with van der Waals surface area (Å²) in [5.74, 6) is 0.534. The van der Waals surface area contributed by atoms with Crippen molar-refractivity contribution in [3.05, 3.63) is 23.9 Å². The number of pyridine rings is 1. The average molecular weight is 249 g/mol. The molecule has 98 valence electrons. The van der Waals surface area contributed by atoms with Gasteiger partial charge in [-0.05, 0) is 32.4 Å². The lowest BCUT2D eigenvalue weighted by Crippen LogP contribution is -2.37. The van der Waals surface area contributed by atoms with Crippen molar-refractivity contribution in [3.63, 3.8) is 0 Å². The number of hydrogen-bond donors (Lipinski definition) is 1. The molecule has 1 fully saturated rings. The first-order chi connectivity index (χ1) is 8.63. The average Bonchev–Trinajstić information content (AvgIpc) is 2.71. The second-order valence-corrected chi connectivity index (χ2v) is 4.51. The normalized spacial score (nSPS) is 23.2. The van der Waals surface area contributed by atoms with Crippen molar-refractivity contribution in [3.8, 4) is 0 Å². The van der Waals surface area contributed by atoms with E-state index in [0.29, 0.717) is 12.2 Å². The lowest BCUT2D eigenvalue weighted by molar-refractivity contribution is 0.0526. The Kier molecular flexibility index (Phi) is 3.81. The van der Waals surface area contributed by atoms with Gasteiger partial charge in [-0.1, -0.05) is 0 Å². The van der Waals surface area contributed by atoms with Gasteiger partial charge in [0.15, 0.2) is 0 Å². The fraction of sp³-hybridized carbons (Fsp3) is 0.538. The Hall–Kier alpha value is -1.62. The van der Waals surface area contributed by atoms with Gasteiger partial charge in [-0.3, -0.25) is 0 Å². The van der Waals surface area contributed by atoms with E-state index in [1.165, 1.54) is 0 Å². The third-order valence-electron chi connectivity index (χ3n) is 3.37. The smallest absolute Gasteiger partial charge is 0.339 e. The van der Waals surface area contributed by atoms with Gasteiger partial charge in [0.25, 0.3) is 0 Å². The second kappa shape index (κ2) is 5.35. The molecule has 1 saturated heterocycles. The van der Waals surface area contributed by atoms with Crippen LogP contribution in [0.15, 0.2) is 18.3 Å². The summed E-state index contributed by atoms with van der Waals surface area (Å²) in [5.41, 5.74) is 6.46. The van der Waals surface area contributed by atoms with E-state index >= 15 is 0 Å². The van der Waals surface area contributed by atoms with Crippen LogP contribution in [0.2, 0.25) is 0 Å². The number of ether oxygens (including phenoxy) is 1. The first-order valence-electron chi connectivity index (χ1n) is 6.29. The van der Waals surface area contributed by atoms with E-state index in [1.54, 1.807) is 19.2 Å². The summed E-state index contributed by atoms with van der Waals surface area (Å²) in [6, 6.07) is 4.07. The van der Waals surface area contributed by atoms with E-state index in [-0.39, 0.29) is 18.1 Å². The summed E-state index contributed by atoms with van der Waals surface area (Å²) >= 11 is 0. The maximum Gasteiger partial charge on any atom is 0.339 e. The molecule has 2 rings (SSSR count). The quantitative estimate of drug-likeness (QED) is 0.815. The Labute approximate surface area is 107 Å². The zero-order chi connectivity index (χ0) is 13.1. The number of nitrogens with two attached hydrogens (primary N) is 1. The molecular formula is C13H19N3O2. The second-order valence-electron chi connectivity index (χ2n) is 4.51. The van der Waals surface area contributed by atoms with Crippen molar-refractivity contribution in [2.45, 2.75) is 32.4 Å². The molecule has 5 heteroatoms. The molecule has 0 aliphatic carbocycles. The zero-order valence-electron chi connectivity index (χ0n) is 10.8. The maximum absolute atomic E-state index is 11.5. The topological polar surface area (TPSA) is 68.5 Å².